The monoisotopic (exact) mass is 371 g/mol. The van der Waals surface area contributed by atoms with Gasteiger partial charge in [0, 0.05) is 29.6 Å². The van der Waals surface area contributed by atoms with Crippen LogP contribution in [0.15, 0.2) is 53.6 Å². The molecule has 0 aliphatic rings. The fourth-order valence-corrected chi connectivity index (χ4v) is 3.22. The number of methoxy groups -OCH3 is 1. The molecule has 1 amide bonds. The molecule has 3 aromatic rings. The summed E-state index contributed by atoms with van der Waals surface area (Å²) in [5.74, 6) is -0.0413. The van der Waals surface area contributed by atoms with Crippen molar-refractivity contribution in [2.24, 2.45) is 5.73 Å². The third-order valence-electron chi connectivity index (χ3n) is 3.87. The third kappa shape index (κ3) is 3.45. The summed E-state index contributed by atoms with van der Waals surface area (Å²) >= 11 is 0. The third-order valence-corrected chi connectivity index (χ3v) is 4.98. The topological polar surface area (TPSA) is 111 Å². The predicted molar refractivity (Wildman–Crippen MR) is 99.6 cm³/mol. The number of nitrogens with two attached hydrogens (primary N) is 1. The number of carbonyl (C=O) groups is 1. The van der Waals surface area contributed by atoms with E-state index in [1.165, 1.54) is 18.3 Å². The number of aromatic nitrogens is 1. The number of nitrogens with one attached hydrogen (secondary N) is 1. The standard InChI is InChI=1S/C18H17N3O4S/c1-25-12-5-3-4-11(8-12)21-17-14-9-13(26(2,23)24)6-7-16(14)20-10-15(17)18(19)22/h3-10H,1-2H3,(H2,19,22)(H,20,21). The molecule has 0 saturated carbocycles. The first-order valence-corrected chi connectivity index (χ1v) is 9.52. The lowest BCUT2D eigenvalue weighted by Crippen LogP contribution is -2.14. The Bertz CT molecular complexity index is 1110. The summed E-state index contributed by atoms with van der Waals surface area (Å²) in [4.78, 5) is 16.2. The molecule has 2 aromatic carbocycles. The van der Waals surface area contributed by atoms with Crippen molar-refractivity contribution in [1.29, 1.82) is 0 Å². The fourth-order valence-electron chi connectivity index (χ4n) is 2.57. The lowest BCUT2D eigenvalue weighted by Gasteiger charge is -2.14. The van der Waals surface area contributed by atoms with Gasteiger partial charge in [-0.15, -0.1) is 0 Å². The van der Waals surface area contributed by atoms with Gasteiger partial charge in [0.15, 0.2) is 9.84 Å². The Hall–Kier alpha value is -3.13. The molecule has 3 rings (SSSR count). The summed E-state index contributed by atoms with van der Waals surface area (Å²) in [6.45, 7) is 0. The maximum absolute atomic E-state index is 11.9. The van der Waals surface area contributed by atoms with Gasteiger partial charge in [-0.05, 0) is 30.3 Å². The normalized spacial score (nSPS) is 11.3. The molecule has 0 spiro atoms. The van der Waals surface area contributed by atoms with Gasteiger partial charge < -0.3 is 15.8 Å². The van der Waals surface area contributed by atoms with Gasteiger partial charge >= 0.3 is 0 Å². The highest BCUT2D eigenvalue weighted by atomic mass is 32.2. The number of hydrogen-bond donors (Lipinski definition) is 2. The number of hydrogen-bond acceptors (Lipinski definition) is 6. The van der Waals surface area contributed by atoms with Crippen molar-refractivity contribution in [3.05, 3.63) is 54.2 Å². The van der Waals surface area contributed by atoms with E-state index >= 15 is 0 Å². The van der Waals surface area contributed by atoms with Crippen molar-refractivity contribution in [3.63, 3.8) is 0 Å². The largest absolute Gasteiger partial charge is 0.497 e. The maximum Gasteiger partial charge on any atom is 0.252 e. The van der Waals surface area contributed by atoms with E-state index in [4.69, 9.17) is 10.5 Å². The van der Waals surface area contributed by atoms with Gasteiger partial charge in [0.05, 0.1) is 28.8 Å². The zero-order valence-corrected chi connectivity index (χ0v) is 15.0. The van der Waals surface area contributed by atoms with Gasteiger partial charge in [0.2, 0.25) is 0 Å². The lowest BCUT2D eigenvalue weighted by molar-refractivity contribution is 0.100. The van der Waals surface area contributed by atoms with Gasteiger partial charge in [0.1, 0.15) is 5.75 Å². The summed E-state index contributed by atoms with van der Waals surface area (Å²) in [7, 11) is -1.87. The summed E-state index contributed by atoms with van der Waals surface area (Å²) in [5, 5.41) is 3.61. The van der Waals surface area contributed by atoms with Crippen molar-refractivity contribution in [3.8, 4) is 5.75 Å². The second-order valence-electron chi connectivity index (χ2n) is 5.72. The van der Waals surface area contributed by atoms with E-state index in [1.54, 1.807) is 37.4 Å². The number of fused-ring (bicyclic) bond motifs is 1. The summed E-state index contributed by atoms with van der Waals surface area (Å²) in [6.07, 6.45) is 2.49. The quantitative estimate of drug-likeness (QED) is 0.713. The molecule has 0 bridgehead atoms. The van der Waals surface area contributed by atoms with Crippen molar-refractivity contribution < 1.29 is 17.9 Å². The number of ether oxygens (including phenoxy) is 1. The van der Waals surface area contributed by atoms with Gasteiger partial charge in [0.25, 0.3) is 5.91 Å². The molecule has 1 heterocycles. The van der Waals surface area contributed by atoms with Gasteiger partial charge in [-0.1, -0.05) is 6.07 Å². The minimum atomic E-state index is -3.42. The number of amides is 1. The fraction of sp³-hybridized carbons (Fsp3) is 0.111. The number of anilines is 2. The average molecular weight is 371 g/mol. The van der Waals surface area contributed by atoms with Crippen LogP contribution >= 0.6 is 0 Å². The highest BCUT2D eigenvalue weighted by Crippen LogP contribution is 2.31. The Labute approximate surface area is 150 Å². The lowest BCUT2D eigenvalue weighted by atomic mass is 10.1. The molecule has 134 valence electrons. The number of benzene rings is 2. The zero-order chi connectivity index (χ0) is 18.9. The van der Waals surface area contributed by atoms with Gasteiger partial charge in [-0.3, -0.25) is 9.78 Å². The molecule has 0 aliphatic carbocycles. The van der Waals surface area contributed by atoms with E-state index < -0.39 is 15.7 Å². The first-order valence-electron chi connectivity index (χ1n) is 7.63. The van der Waals surface area contributed by atoms with E-state index in [2.05, 4.69) is 10.3 Å². The molecule has 0 aliphatic heterocycles. The highest BCUT2D eigenvalue weighted by Gasteiger charge is 2.16. The SMILES string of the molecule is COc1cccc(Nc2c(C(N)=O)cnc3ccc(S(C)(=O)=O)cc23)c1. The van der Waals surface area contributed by atoms with Crippen LogP contribution in [0.2, 0.25) is 0 Å². The Kier molecular flexibility index (Phi) is 4.52. The minimum Gasteiger partial charge on any atom is -0.497 e. The number of sulfone groups is 1. The number of nitrogens with zero attached hydrogens (tertiary/aromatic N) is 1. The number of rotatable bonds is 5. The van der Waals surface area contributed by atoms with E-state index in [-0.39, 0.29) is 10.5 Å². The van der Waals surface area contributed by atoms with E-state index in [1.807, 2.05) is 0 Å². The van der Waals surface area contributed by atoms with Gasteiger partial charge in [-0.2, -0.15) is 0 Å². The Morgan fingerprint density at radius 2 is 1.96 bits per heavy atom. The van der Waals surface area contributed by atoms with Gasteiger partial charge in [-0.25, -0.2) is 8.42 Å². The number of primary amides is 1. The molecule has 0 radical (unpaired) electrons. The minimum absolute atomic E-state index is 0.127. The van der Waals surface area contributed by atoms with Crippen LogP contribution < -0.4 is 15.8 Å². The second kappa shape index (κ2) is 6.64. The Morgan fingerprint density at radius 1 is 1.19 bits per heavy atom. The first kappa shape index (κ1) is 17.7. The molecule has 26 heavy (non-hydrogen) atoms. The van der Waals surface area contributed by atoms with Crippen molar-refractivity contribution >= 4 is 38.0 Å². The Morgan fingerprint density at radius 3 is 2.62 bits per heavy atom. The molecule has 0 unspecified atom stereocenters. The van der Waals surface area contributed by atoms with Crippen LogP contribution in [0.1, 0.15) is 10.4 Å². The predicted octanol–water partition coefficient (Wildman–Crippen LogP) is 2.49. The summed E-state index contributed by atoms with van der Waals surface area (Å²) < 4.78 is 29.0. The van der Waals surface area contributed by atoms with E-state index in [0.717, 1.165) is 6.26 Å². The van der Waals surface area contributed by atoms with Crippen LogP contribution in [-0.2, 0) is 9.84 Å². The first-order chi connectivity index (χ1) is 12.3. The molecule has 0 saturated heterocycles. The van der Waals surface area contributed by atoms with Crippen molar-refractivity contribution in [1.82, 2.24) is 4.98 Å². The van der Waals surface area contributed by atoms with Crippen molar-refractivity contribution in [2.75, 3.05) is 18.7 Å². The Balaban J connectivity index is 2.25. The molecule has 3 N–H and O–H groups in total. The summed E-state index contributed by atoms with van der Waals surface area (Å²) in [6, 6.07) is 11.7. The zero-order valence-electron chi connectivity index (χ0n) is 14.2. The molecule has 0 atom stereocenters. The van der Waals surface area contributed by atoms with Crippen molar-refractivity contribution in [2.45, 2.75) is 4.90 Å². The number of carbonyl (C=O) groups excluding carboxylic acids is 1. The average Bonchev–Trinajstić information content (AvgIpc) is 2.60. The summed E-state index contributed by atoms with van der Waals surface area (Å²) in [5.41, 5.74) is 7.22. The van der Waals surface area contributed by atoms with Crippen LogP contribution in [0.25, 0.3) is 10.9 Å². The van der Waals surface area contributed by atoms with Crippen LogP contribution in [0.5, 0.6) is 5.75 Å². The molecule has 7 nitrogen and oxygen atoms in total. The number of pyridine rings is 1. The van der Waals surface area contributed by atoms with Crippen LogP contribution in [-0.4, -0.2) is 32.7 Å². The van der Waals surface area contributed by atoms with Crippen LogP contribution in [0, 0.1) is 0 Å². The molecule has 1 aromatic heterocycles. The molecular formula is C18H17N3O4S. The molecule has 8 heteroatoms. The smallest absolute Gasteiger partial charge is 0.252 e. The van der Waals surface area contributed by atoms with Crippen LogP contribution in [0.4, 0.5) is 11.4 Å². The highest BCUT2D eigenvalue weighted by molar-refractivity contribution is 7.90. The van der Waals surface area contributed by atoms with E-state index in [0.29, 0.717) is 28.0 Å². The van der Waals surface area contributed by atoms with E-state index in [9.17, 15) is 13.2 Å². The van der Waals surface area contributed by atoms with Crippen LogP contribution in [0.3, 0.4) is 0 Å². The second-order valence-corrected chi connectivity index (χ2v) is 7.73. The molecule has 0 fully saturated rings. The maximum atomic E-state index is 11.9. The molecular weight excluding hydrogens is 354 g/mol.